The van der Waals surface area contributed by atoms with Gasteiger partial charge in [-0.2, -0.15) is 5.10 Å². The molecule has 29 heavy (non-hydrogen) atoms. The van der Waals surface area contributed by atoms with Crippen LogP contribution in [-0.2, 0) is 6.42 Å². The summed E-state index contributed by atoms with van der Waals surface area (Å²) < 4.78 is 16.7. The molecule has 4 rings (SSSR count). The molecule has 3 N–H and O–H groups in total. The Hall–Kier alpha value is -3.49. The van der Waals surface area contributed by atoms with Gasteiger partial charge in [-0.15, -0.1) is 0 Å². The Morgan fingerprint density at radius 3 is 2.93 bits per heavy atom. The normalized spacial score (nSPS) is 13.8. The molecule has 0 saturated heterocycles. The van der Waals surface area contributed by atoms with E-state index in [-0.39, 0.29) is 0 Å². The van der Waals surface area contributed by atoms with Crippen LogP contribution in [0.1, 0.15) is 19.2 Å². The first-order valence-corrected chi connectivity index (χ1v) is 9.72. The highest BCUT2D eigenvalue weighted by Gasteiger charge is 2.12. The molecule has 0 fully saturated rings. The second-order valence-electron chi connectivity index (χ2n) is 6.43. The molecule has 0 saturated carbocycles. The number of aromatic amines is 1. The molecule has 0 amide bonds. The van der Waals surface area contributed by atoms with Gasteiger partial charge in [0.1, 0.15) is 5.82 Å². The lowest BCUT2D eigenvalue weighted by Crippen LogP contribution is -2.31. The molecule has 152 valence electrons. The van der Waals surface area contributed by atoms with Gasteiger partial charge in [0.25, 0.3) is 0 Å². The van der Waals surface area contributed by atoms with E-state index in [4.69, 9.17) is 13.9 Å². The topological polar surface area (TPSA) is 110 Å². The monoisotopic (exact) mass is 396 g/mol. The quantitative estimate of drug-likeness (QED) is 0.434. The first kappa shape index (κ1) is 18.9. The summed E-state index contributed by atoms with van der Waals surface area (Å²) >= 11 is 0. The number of hydrogen-bond acceptors (Lipinski definition) is 6. The summed E-state index contributed by atoms with van der Waals surface area (Å²) in [7, 11) is 0. The fourth-order valence-electron chi connectivity index (χ4n) is 2.88. The highest BCUT2D eigenvalue weighted by molar-refractivity contribution is 5.93. The summed E-state index contributed by atoms with van der Waals surface area (Å²) in [5, 5.41) is 13.7. The van der Waals surface area contributed by atoms with Crippen LogP contribution < -0.4 is 20.1 Å². The lowest BCUT2D eigenvalue weighted by Gasteiger charge is -2.13. The average Bonchev–Trinajstić information content (AvgIpc) is 3.36. The molecule has 2 aromatic heterocycles. The second-order valence-corrected chi connectivity index (χ2v) is 6.43. The maximum Gasteiger partial charge on any atom is 0.216 e. The van der Waals surface area contributed by atoms with Gasteiger partial charge in [-0.1, -0.05) is 0 Å². The minimum Gasteiger partial charge on any atom is -0.490 e. The number of fused-ring (bicyclic) bond motifs is 1. The Bertz CT molecular complexity index is 951. The predicted molar refractivity (Wildman–Crippen MR) is 109 cm³/mol. The number of nitrogens with zero attached hydrogens (tertiary/aromatic N) is 3. The minimum absolute atomic E-state index is 0.547. The van der Waals surface area contributed by atoms with Gasteiger partial charge in [0.2, 0.25) is 5.82 Å². The molecule has 9 nitrogen and oxygen atoms in total. The number of nitrogens with one attached hydrogen (secondary N) is 3. The molecular weight excluding hydrogens is 372 g/mol. The fraction of sp³-hybridized carbons (Fsp3) is 0.350. The van der Waals surface area contributed by atoms with Crippen molar-refractivity contribution >= 4 is 11.6 Å². The average molecular weight is 396 g/mol. The van der Waals surface area contributed by atoms with Crippen LogP contribution in [0.2, 0.25) is 0 Å². The fourth-order valence-corrected chi connectivity index (χ4v) is 2.88. The molecule has 1 aliphatic rings. The third-order valence-electron chi connectivity index (χ3n) is 4.25. The Balaban J connectivity index is 1.38. The molecule has 0 aliphatic carbocycles. The number of rotatable bonds is 6. The summed E-state index contributed by atoms with van der Waals surface area (Å²) in [5.74, 6) is 4.15. The van der Waals surface area contributed by atoms with Crippen LogP contribution in [0.5, 0.6) is 11.5 Å². The van der Waals surface area contributed by atoms with E-state index in [0.29, 0.717) is 43.7 Å². The third-order valence-corrected chi connectivity index (χ3v) is 4.25. The summed E-state index contributed by atoms with van der Waals surface area (Å²) in [5.41, 5.74) is 0.883. The van der Waals surface area contributed by atoms with Gasteiger partial charge in [-0.25, -0.2) is 4.98 Å². The van der Waals surface area contributed by atoms with Crippen molar-refractivity contribution in [1.29, 1.82) is 0 Å². The number of hydrogen-bond donors (Lipinski definition) is 3. The number of anilines is 1. The van der Waals surface area contributed by atoms with E-state index in [0.717, 1.165) is 36.0 Å². The third kappa shape index (κ3) is 4.87. The van der Waals surface area contributed by atoms with Gasteiger partial charge in [0.15, 0.2) is 23.2 Å². The number of aromatic nitrogens is 3. The zero-order chi connectivity index (χ0) is 19.9. The lowest BCUT2D eigenvalue weighted by molar-refractivity contribution is 0.297. The highest BCUT2D eigenvalue weighted by Crippen LogP contribution is 2.32. The summed E-state index contributed by atoms with van der Waals surface area (Å²) in [6.07, 6.45) is 3.11. The van der Waals surface area contributed by atoms with Crippen LogP contribution >= 0.6 is 0 Å². The SMILES string of the molecule is CCNC(=NCCc1nc(-c2ccco2)n[nH]1)Nc1ccc2c(c1)OCCCO2. The van der Waals surface area contributed by atoms with Gasteiger partial charge < -0.3 is 24.5 Å². The zero-order valence-electron chi connectivity index (χ0n) is 16.3. The molecule has 0 spiro atoms. The summed E-state index contributed by atoms with van der Waals surface area (Å²) in [6.45, 7) is 4.65. The van der Waals surface area contributed by atoms with E-state index < -0.39 is 0 Å². The van der Waals surface area contributed by atoms with Crippen LogP contribution in [0.4, 0.5) is 5.69 Å². The van der Waals surface area contributed by atoms with Gasteiger partial charge in [0, 0.05) is 37.7 Å². The Morgan fingerprint density at radius 2 is 2.10 bits per heavy atom. The number of H-pyrrole nitrogens is 1. The van der Waals surface area contributed by atoms with Gasteiger partial charge in [-0.05, 0) is 31.2 Å². The first-order valence-electron chi connectivity index (χ1n) is 9.72. The van der Waals surface area contributed by atoms with E-state index >= 15 is 0 Å². The van der Waals surface area contributed by atoms with E-state index in [1.165, 1.54) is 0 Å². The maximum atomic E-state index is 5.75. The Labute approximate surface area is 168 Å². The molecule has 0 atom stereocenters. The van der Waals surface area contributed by atoms with Gasteiger partial charge in [-0.3, -0.25) is 10.1 Å². The summed E-state index contributed by atoms with van der Waals surface area (Å²) in [6, 6.07) is 9.43. The van der Waals surface area contributed by atoms with Crippen molar-refractivity contribution in [3.05, 3.63) is 42.4 Å². The van der Waals surface area contributed by atoms with Crippen LogP contribution in [0.25, 0.3) is 11.6 Å². The molecular formula is C20H24N6O3. The molecule has 0 bridgehead atoms. The van der Waals surface area contributed by atoms with Crippen molar-refractivity contribution in [2.75, 3.05) is 31.6 Å². The highest BCUT2D eigenvalue weighted by atomic mass is 16.5. The van der Waals surface area contributed by atoms with Gasteiger partial charge >= 0.3 is 0 Å². The van der Waals surface area contributed by atoms with Crippen molar-refractivity contribution < 1.29 is 13.9 Å². The molecule has 1 aromatic carbocycles. The first-order chi connectivity index (χ1) is 14.3. The molecule has 9 heteroatoms. The zero-order valence-corrected chi connectivity index (χ0v) is 16.3. The minimum atomic E-state index is 0.547. The molecule has 0 unspecified atom stereocenters. The smallest absolute Gasteiger partial charge is 0.216 e. The second kappa shape index (κ2) is 9.13. The van der Waals surface area contributed by atoms with E-state index in [1.54, 1.807) is 6.26 Å². The number of ether oxygens (including phenoxy) is 2. The predicted octanol–water partition coefficient (Wildman–Crippen LogP) is 2.85. The Kier molecular flexibility index (Phi) is 5.94. The maximum absolute atomic E-state index is 5.75. The van der Waals surface area contributed by atoms with Crippen molar-refractivity contribution in [3.8, 4) is 23.1 Å². The van der Waals surface area contributed by atoms with Crippen LogP contribution in [0, 0.1) is 0 Å². The molecule has 3 heterocycles. The van der Waals surface area contributed by atoms with E-state index in [9.17, 15) is 0 Å². The largest absolute Gasteiger partial charge is 0.490 e. The summed E-state index contributed by atoms with van der Waals surface area (Å²) in [4.78, 5) is 9.05. The van der Waals surface area contributed by atoms with Crippen LogP contribution in [0.3, 0.4) is 0 Å². The van der Waals surface area contributed by atoms with Crippen molar-refractivity contribution in [2.24, 2.45) is 4.99 Å². The van der Waals surface area contributed by atoms with Gasteiger partial charge in [0.05, 0.1) is 19.5 Å². The number of aliphatic imine (C=N–C) groups is 1. The van der Waals surface area contributed by atoms with E-state index in [1.807, 2.05) is 37.3 Å². The van der Waals surface area contributed by atoms with Crippen molar-refractivity contribution in [2.45, 2.75) is 19.8 Å². The number of guanidine groups is 1. The molecule has 1 aliphatic heterocycles. The molecule has 0 radical (unpaired) electrons. The van der Waals surface area contributed by atoms with Crippen molar-refractivity contribution in [1.82, 2.24) is 20.5 Å². The Morgan fingerprint density at radius 1 is 1.21 bits per heavy atom. The van der Waals surface area contributed by atoms with E-state index in [2.05, 4.69) is 30.8 Å². The molecule has 3 aromatic rings. The lowest BCUT2D eigenvalue weighted by atomic mass is 10.3. The standard InChI is InChI=1S/C20H24N6O3/c1-2-21-20(23-14-6-7-15-17(13-14)29-12-4-11-27-15)22-9-8-18-24-19(26-25-18)16-5-3-10-28-16/h3,5-7,10,13H,2,4,8-9,11-12H2,1H3,(H2,21,22,23)(H,24,25,26). The van der Waals surface area contributed by atoms with Crippen LogP contribution in [0.15, 0.2) is 46.0 Å². The van der Waals surface area contributed by atoms with Crippen molar-refractivity contribution in [3.63, 3.8) is 0 Å². The number of furan rings is 1. The number of benzene rings is 1. The van der Waals surface area contributed by atoms with Crippen LogP contribution in [-0.4, -0.2) is 47.4 Å².